The van der Waals surface area contributed by atoms with E-state index in [0.29, 0.717) is 12.0 Å². The summed E-state index contributed by atoms with van der Waals surface area (Å²) in [4.78, 5) is 4.52. The standard InChI is InChI=1S/C15H13FN2S/c16-11-6-2-1-5-10(11)12(17)9-15-18-13-7-3-4-8-14(13)19-15/h1-8,12H,9,17H2. The quantitative estimate of drug-likeness (QED) is 0.790. The van der Waals surface area contributed by atoms with Crippen LogP contribution in [0.15, 0.2) is 48.5 Å². The predicted octanol–water partition coefficient (Wildman–Crippen LogP) is 3.68. The molecular weight excluding hydrogens is 259 g/mol. The predicted molar refractivity (Wildman–Crippen MR) is 76.7 cm³/mol. The summed E-state index contributed by atoms with van der Waals surface area (Å²) in [6, 6.07) is 14.2. The minimum atomic E-state index is -0.359. The highest BCUT2D eigenvalue weighted by Gasteiger charge is 2.13. The van der Waals surface area contributed by atoms with Gasteiger partial charge in [0, 0.05) is 18.0 Å². The normalized spacial score (nSPS) is 12.7. The van der Waals surface area contributed by atoms with Gasteiger partial charge in [0.05, 0.1) is 15.2 Å². The molecule has 4 heteroatoms. The van der Waals surface area contributed by atoms with Crippen LogP contribution in [0.3, 0.4) is 0 Å². The van der Waals surface area contributed by atoms with Crippen molar-refractivity contribution in [2.75, 3.05) is 0 Å². The molecule has 0 amide bonds. The van der Waals surface area contributed by atoms with Crippen LogP contribution in [0, 0.1) is 5.82 Å². The lowest BCUT2D eigenvalue weighted by Crippen LogP contribution is -2.14. The van der Waals surface area contributed by atoms with Crippen LogP contribution in [0.5, 0.6) is 0 Å². The topological polar surface area (TPSA) is 38.9 Å². The third kappa shape index (κ3) is 2.50. The van der Waals surface area contributed by atoms with Crippen LogP contribution >= 0.6 is 11.3 Å². The fraction of sp³-hybridized carbons (Fsp3) is 0.133. The number of nitrogens with zero attached hydrogens (tertiary/aromatic N) is 1. The molecule has 96 valence electrons. The lowest BCUT2D eigenvalue weighted by molar-refractivity contribution is 0.580. The molecule has 2 N–H and O–H groups in total. The monoisotopic (exact) mass is 272 g/mol. The summed E-state index contributed by atoms with van der Waals surface area (Å²) in [5.41, 5.74) is 7.59. The average Bonchev–Trinajstić information content (AvgIpc) is 2.81. The number of halogens is 1. The van der Waals surface area contributed by atoms with Crippen molar-refractivity contribution >= 4 is 21.6 Å². The SMILES string of the molecule is NC(Cc1nc2ccccc2s1)c1ccccc1F. The van der Waals surface area contributed by atoms with Crippen LogP contribution in [0.4, 0.5) is 4.39 Å². The molecule has 3 aromatic rings. The zero-order chi connectivity index (χ0) is 13.2. The van der Waals surface area contributed by atoms with Gasteiger partial charge in [-0.2, -0.15) is 0 Å². The van der Waals surface area contributed by atoms with Crippen LogP contribution in [0.2, 0.25) is 0 Å². The van der Waals surface area contributed by atoms with E-state index in [9.17, 15) is 4.39 Å². The summed E-state index contributed by atoms with van der Waals surface area (Å²) >= 11 is 1.61. The molecule has 0 aliphatic carbocycles. The summed E-state index contributed by atoms with van der Waals surface area (Å²) in [7, 11) is 0. The molecule has 0 aliphatic heterocycles. The molecule has 1 atom stereocenters. The van der Waals surface area contributed by atoms with E-state index >= 15 is 0 Å². The number of thiazole rings is 1. The Balaban J connectivity index is 1.86. The smallest absolute Gasteiger partial charge is 0.127 e. The van der Waals surface area contributed by atoms with E-state index in [2.05, 4.69) is 4.98 Å². The highest BCUT2D eigenvalue weighted by molar-refractivity contribution is 7.18. The third-order valence-electron chi connectivity index (χ3n) is 3.04. The Hall–Kier alpha value is -1.78. The van der Waals surface area contributed by atoms with Gasteiger partial charge in [-0.05, 0) is 18.2 Å². The first kappa shape index (κ1) is 12.3. The lowest BCUT2D eigenvalue weighted by Gasteiger charge is -2.10. The molecule has 19 heavy (non-hydrogen) atoms. The second-order valence-electron chi connectivity index (χ2n) is 4.41. The van der Waals surface area contributed by atoms with E-state index in [1.54, 1.807) is 29.5 Å². The van der Waals surface area contributed by atoms with Crippen LogP contribution < -0.4 is 5.73 Å². The molecule has 0 fully saturated rings. The number of benzene rings is 2. The van der Waals surface area contributed by atoms with Gasteiger partial charge in [-0.3, -0.25) is 0 Å². The Kier molecular flexibility index (Phi) is 3.27. The lowest BCUT2D eigenvalue weighted by atomic mass is 10.0. The van der Waals surface area contributed by atoms with E-state index in [0.717, 1.165) is 15.2 Å². The first-order valence-electron chi connectivity index (χ1n) is 6.08. The molecule has 0 saturated carbocycles. The third-order valence-corrected chi connectivity index (χ3v) is 4.10. The molecule has 2 aromatic carbocycles. The van der Waals surface area contributed by atoms with Crippen molar-refractivity contribution < 1.29 is 4.39 Å². The number of hydrogen-bond donors (Lipinski definition) is 1. The summed E-state index contributed by atoms with van der Waals surface area (Å²) in [5.74, 6) is -0.254. The van der Waals surface area contributed by atoms with Crippen LogP contribution in [0.1, 0.15) is 16.6 Å². The molecule has 1 heterocycles. The van der Waals surface area contributed by atoms with Crippen molar-refractivity contribution in [1.82, 2.24) is 4.98 Å². The van der Waals surface area contributed by atoms with Crippen LogP contribution in [-0.2, 0) is 6.42 Å². The molecule has 1 unspecified atom stereocenters. The number of fused-ring (bicyclic) bond motifs is 1. The van der Waals surface area contributed by atoms with Crippen molar-refractivity contribution in [1.29, 1.82) is 0 Å². The molecule has 1 aromatic heterocycles. The van der Waals surface area contributed by atoms with Crippen LogP contribution in [-0.4, -0.2) is 4.98 Å². The molecular formula is C15H13FN2S. The number of para-hydroxylation sites is 1. The minimum Gasteiger partial charge on any atom is -0.324 e. The van der Waals surface area contributed by atoms with Gasteiger partial charge < -0.3 is 5.73 Å². The molecule has 3 rings (SSSR count). The molecule has 0 bridgehead atoms. The number of nitrogens with two attached hydrogens (primary N) is 1. The van der Waals surface area contributed by atoms with E-state index in [1.807, 2.05) is 24.3 Å². The number of aromatic nitrogens is 1. The van der Waals surface area contributed by atoms with E-state index < -0.39 is 0 Å². The molecule has 0 aliphatic rings. The fourth-order valence-corrected chi connectivity index (χ4v) is 3.11. The fourth-order valence-electron chi connectivity index (χ4n) is 2.08. The largest absolute Gasteiger partial charge is 0.324 e. The van der Waals surface area contributed by atoms with E-state index in [4.69, 9.17) is 5.73 Å². The van der Waals surface area contributed by atoms with E-state index in [1.165, 1.54) is 6.07 Å². The van der Waals surface area contributed by atoms with Crippen molar-refractivity contribution in [3.63, 3.8) is 0 Å². The maximum absolute atomic E-state index is 13.7. The van der Waals surface area contributed by atoms with Gasteiger partial charge in [0.25, 0.3) is 0 Å². The Labute approximate surface area is 114 Å². The Bertz CT molecular complexity index is 675. The molecule has 0 spiro atoms. The zero-order valence-corrected chi connectivity index (χ0v) is 11.0. The van der Waals surface area contributed by atoms with Crippen LogP contribution in [0.25, 0.3) is 10.2 Å². The maximum atomic E-state index is 13.7. The zero-order valence-electron chi connectivity index (χ0n) is 10.2. The Morgan fingerprint density at radius 3 is 2.63 bits per heavy atom. The summed E-state index contributed by atoms with van der Waals surface area (Å²) in [6.45, 7) is 0. The first-order valence-corrected chi connectivity index (χ1v) is 6.90. The maximum Gasteiger partial charge on any atom is 0.127 e. The van der Waals surface area contributed by atoms with Crippen molar-refractivity contribution in [2.45, 2.75) is 12.5 Å². The molecule has 0 saturated heterocycles. The average molecular weight is 272 g/mol. The summed E-state index contributed by atoms with van der Waals surface area (Å²) < 4.78 is 14.8. The Morgan fingerprint density at radius 2 is 1.84 bits per heavy atom. The molecule has 2 nitrogen and oxygen atoms in total. The van der Waals surface area contributed by atoms with Gasteiger partial charge in [0.1, 0.15) is 5.82 Å². The minimum absolute atomic E-state index is 0.254. The van der Waals surface area contributed by atoms with Gasteiger partial charge in [0.2, 0.25) is 0 Å². The number of hydrogen-bond acceptors (Lipinski definition) is 3. The molecule has 0 radical (unpaired) electrons. The van der Waals surface area contributed by atoms with E-state index in [-0.39, 0.29) is 11.9 Å². The Morgan fingerprint density at radius 1 is 1.11 bits per heavy atom. The second-order valence-corrected chi connectivity index (χ2v) is 5.52. The van der Waals surface area contributed by atoms with Crippen molar-refractivity contribution in [2.24, 2.45) is 5.73 Å². The van der Waals surface area contributed by atoms with Gasteiger partial charge >= 0.3 is 0 Å². The summed E-state index contributed by atoms with van der Waals surface area (Å²) in [5, 5.41) is 0.942. The van der Waals surface area contributed by atoms with Crippen molar-refractivity contribution in [3.05, 3.63) is 64.9 Å². The van der Waals surface area contributed by atoms with Gasteiger partial charge in [-0.25, -0.2) is 9.37 Å². The van der Waals surface area contributed by atoms with Gasteiger partial charge in [-0.15, -0.1) is 11.3 Å². The van der Waals surface area contributed by atoms with Gasteiger partial charge in [-0.1, -0.05) is 30.3 Å². The summed E-state index contributed by atoms with van der Waals surface area (Å²) in [6.07, 6.45) is 0.556. The van der Waals surface area contributed by atoms with Crippen molar-refractivity contribution in [3.8, 4) is 0 Å². The highest BCUT2D eigenvalue weighted by atomic mass is 32.1. The number of rotatable bonds is 3. The highest BCUT2D eigenvalue weighted by Crippen LogP contribution is 2.25. The van der Waals surface area contributed by atoms with Gasteiger partial charge in [0.15, 0.2) is 0 Å². The second kappa shape index (κ2) is 5.07. The first-order chi connectivity index (χ1) is 9.24.